The Balaban J connectivity index is 1.79. The standard InChI is InChI=1S/C19H24N6O/c1-24(2)13-6-9-17(26)25-14-5-7-15(25)18-19(22-12-11-21-18)23-16-8-3-4-10-20-16/h3-4,6,8-12,15H,5,7,13-14H2,1-2H3,(H,20,22,23). The number of pyridine rings is 1. The van der Waals surface area contributed by atoms with Gasteiger partial charge in [0.1, 0.15) is 11.5 Å². The first kappa shape index (κ1) is 18.0. The molecule has 26 heavy (non-hydrogen) atoms. The van der Waals surface area contributed by atoms with Gasteiger partial charge in [0.15, 0.2) is 5.82 Å². The number of amides is 1. The van der Waals surface area contributed by atoms with Gasteiger partial charge in [0.25, 0.3) is 0 Å². The van der Waals surface area contributed by atoms with Gasteiger partial charge in [-0.1, -0.05) is 12.1 Å². The largest absolute Gasteiger partial charge is 0.330 e. The van der Waals surface area contributed by atoms with Crippen molar-refractivity contribution in [3.8, 4) is 0 Å². The van der Waals surface area contributed by atoms with Crippen molar-refractivity contribution in [2.24, 2.45) is 0 Å². The number of carbonyl (C=O) groups is 1. The van der Waals surface area contributed by atoms with Gasteiger partial charge in [0, 0.05) is 37.8 Å². The van der Waals surface area contributed by atoms with Crippen molar-refractivity contribution in [2.75, 3.05) is 32.5 Å². The normalized spacial score (nSPS) is 17.2. The van der Waals surface area contributed by atoms with E-state index in [9.17, 15) is 4.79 Å². The summed E-state index contributed by atoms with van der Waals surface area (Å²) in [6.07, 6.45) is 10.4. The highest BCUT2D eigenvalue weighted by Gasteiger charge is 2.32. The molecule has 0 aliphatic carbocycles. The van der Waals surface area contributed by atoms with E-state index in [2.05, 4.69) is 20.3 Å². The van der Waals surface area contributed by atoms with Crippen LogP contribution in [0.4, 0.5) is 11.6 Å². The van der Waals surface area contributed by atoms with Crippen LogP contribution in [0.25, 0.3) is 0 Å². The van der Waals surface area contributed by atoms with Crippen molar-refractivity contribution in [1.82, 2.24) is 24.8 Å². The fourth-order valence-corrected chi connectivity index (χ4v) is 3.02. The third kappa shape index (κ3) is 4.43. The third-order valence-electron chi connectivity index (χ3n) is 4.22. The molecule has 3 heterocycles. The summed E-state index contributed by atoms with van der Waals surface area (Å²) in [4.78, 5) is 29.7. The van der Waals surface area contributed by atoms with Crippen molar-refractivity contribution in [2.45, 2.75) is 18.9 Å². The Morgan fingerprint density at radius 2 is 2.12 bits per heavy atom. The van der Waals surface area contributed by atoms with Gasteiger partial charge in [-0.05, 0) is 39.1 Å². The summed E-state index contributed by atoms with van der Waals surface area (Å²) in [6, 6.07) is 5.57. The maximum Gasteiger partial charge on any atom is 0.246 e. The third-order valence-corrected chi connectivity index (χ3v) is 4.22. The highest BCUT2D eigenvalue weighted by Crippen LogP contribution is 2.34. The summed E-state index contributed by atoms with van der Waals surface area (Å²) >= 11 is 0. The predicted molar refractivity (Wildman–Crippen MR) is 101 cm³/mol. The summed E-state index contributed by atoms with van der Waals surface area (Å²) in [5, 5.41) is 3.22. The molecule has 1 N–H and O–H groups in total. The number of likely N-dealkylation sites (tertiary alicyclic amines) is 1. The molecule has 1 aliphatic heterocycles. The first-order valence-corrected chi connectivity index (χ1v) is 8.76. The Morgan fingerprint density at radius 3 is 2.88 bits per heavy atom. The average Bonchev–Trinajstić information content (AvgIpc) is 3.12. The summed E-state index contributed by atoms with van der Waals surface area (Å²) in [6.45, 7) is 1.47. The number of likely N-dealkylation sites (N-methyl/N-ethyl adjacent to an activating group) is 1. The van der Waals surface area contributed by atoms with Gasteiger partial charge in [-0.2, -0.15) is 0 Å². The molecule has 7 nitrogen and oxygen atoms in total. The van der Waals surface area contributed by atoms with E-state index in [0.717, 1.165) is 31.6 Å². The van der Waals surface area contributed by atoms with Gasteiger partial charge in [-0.25, -0.2) is 9.97 Å². The molecule has 1 unspecified atom stereocenters. The summed E-state index contributed by atoms with van der Waals surface area (Å²) in [7, 11) is 3.95. The Hall–Kier alpha value is -2.80. The molecule has 1 amide bonds. The van der Waals surface area contributed by atoms with Crippen LogP contribution < -0.4 is 5.32 Å². The number of aromatic nitrogens is 3. The van der Waals surface area contributed by atoms with E-state index >= 15 is 0 Å². The number of nitrogens with one attached hydrogen (secondary N) is 1. The summed E-state index contributed by atoms with van der Waals surface area (Å²) in [5.74, 6) is 1.37. The van der Waals surface area contributed by atoms with Crippen LogP contribution in [0.5, 0.6) is 0 Å². The van der Waals surface area contributed by atoms with Crippen molar-refractivity contribution < 1.29 is 4.79 Å². The van der Waals surface area contributed by atoms with Crippen molar-refractivity contribution in [1.29, 1.82) is 0 Å². The minimum atomic E-state index is -0.0774. The van der Waals surface area contributed by atoms with Crippen LogP contribution >= 0.6 is 0 Å². The zero-order valence-electron chi connectivity index (χ0n) is 15.2. The van der Waals surface area contributed by atoms with Gasteiger partial charge in [-0.15, -0.1) is 0 Å². The average molecular weight is 352 g/mol. The molecule has 0 saturated carbocycles. The van der Waals surface area contributed by atoms with E-state index in [1.54, 1.807) is 24.7 Å². The van der Waals surface area contributed by atoms with Gasteiger partial charge < -0.3 is 15.1 Å². The van der Waals surface area contributed by atoms with Crippen LogP contribution in [0.15, 0.2) is 48.9 Å². The lowest BCUT2D eigenvalue weighted by atomic mass is 10.1. The van der Waals surface area contributed by atoms with Crippen molar-refractivity contribution in [3.05, 3.63) is 54.6 Å². The molecule has 0 radical (unpaired) electrons. The predicted octanol–water partition coefficient (Wildman–Crippen LogP) is 2.40. The van der Waals surface area contributed by atoms with Crippen LogP contribution in [0, 0.1) is 0 Å². The monoisotopic (exact) mass is 352 g/mol. The zero-order valence-corrected chi connectivity index (χ0v) is 15.2. The molecular weight excluding hydrogens is 328 g/mol. The summed E-state index contributed by atoms with van der Waals surface area (Å²) < 4.78 is 0. The Labute approximate surface area is 153 Å². The van der Waals surface area contributed by atoms with Crippen LogP contribution in [0.3, 0.4) is 0 Å². The minimum Gasteiger partial charge on any atom is -0.330 e. The molecule has 1 saturated heterocycles. The SMILES string of the molecule is CN(C)CC=CC(=O)N1CCCC1c1nccnc1Nc1ccccn1. The van der Waals surface area contributed by atoms with Gasteiger partial charge >= 0.3 is 0 Å². The Bertz CT molecular complexity index is 762. The van der Waals surface area contributed by atoms with Crippen LogP contribution in [-0.4, -0.2) is 57.8 Å². The second kappa shape index (κ2) is 8.53. The van der Waals surface area contributed by atoms with Crippen molar-refractivity contribution in [3.63, 3.8) is 0 Å². The van der Waals surface area contributed by atoms with Crippen LogP contribution in [0.1, 0.15) is 24.6 Å². The zero-order chi connectivity index (χ0) is 18.4. The molecule has 3 rings (SSSR count). The molecule has 7 heteroatoms. The lowest BCUT2D eigenvalue weighted by Gasteiger charge is -2.24. The first-order chi connectivity index (χ1) is 12.6. The van der Waals surface area contributed by atoms with Gasteiger partial charge in [0.05, 0.1) is 6.04 Å². The van der Waals surface area contributed by atoms with Gasteiger partial charge in [-0.3, -0.25) is 9.78 Å². The molecule has 0 bridgehead atoms. The number of hydrogen-bond acceptors (Lipinski definition) is 6. The van der Waals surface area contributed by atoms with Gasteiger partial charge in [0.2, 0.25) is 5.91 Å². The molecule has 1 aliphatic rings. The minimum absolute atomic E-state index is 0.0174. The van der Waals surface area contributed by atoms with E-state index in [0.29, 0.717) is 11.6 Å². The quantitative estimate of drug-likeness (QED) is 0.805. The first-order valence-electron chi connectivity index (χ1n) is 8.76. The van der Waals surface area contributed by atoms with E-state index in [1.807, 2.05) is 48.2 Å². The van der Waals surface area contributed by atoms with E-state index < -0.39 is 0 Å². The molecule has 2 aromatic heterocycles. The number of nitrogens with zero attached hydrogens (tertiary/aromatic N) is 5. The number of anilines is 2. The fraction of sp³-hybridized carbons (Fsp3) is 0.368. The number of carbonyl (C=O) groups excluding carboxylic acids is 1. The van der Waals surface area contributed by atoms with E-state index in [1.165, 1.54) is 0 Å². The fourth-order valence-electron chi connectivity index (χ4n) is 3.02. The summed E-state index contributed by atoms with van der Waals surface area (Å²) in [5.41, 5.74) is 0.782. The second-order valence-electron chi connectivity index (χ2n) is 6.48. The van der Waals surface area contributed by atoms with E-state index in [-0.39, 0.29) is 11.9 Å². The van der Waals surface area contributed by atoms with Crippen LogP contribution in [-0.2, 0) is 4.79 Å². The number of hydrogen-bond donors (Lipinski definition) is 1. The smallest absolute Gasteiger partial charge is 0.246 e. The molecule has 1 atom stereocenters. The van der Waals surface area contributed by atoms with Crippen LogP contribution in [0.2, 0.25) is 0 Å². The lowest BCUT2D eigenvalue weighted by Crippen LogP contribution is -2.30. The molecule has 136 valence electrons. The lowest BCUT2D eigenvalue weighted by molar-refractivity contribution is -0.127. The maximum absolute atomic E-state index is 12.6. The molecule has 1 fully saturated rings. The number of rotatable bonds is 6. The molecule has 0 aromatic carbocycles. The topological polar surface area (TPSA) is 74.2 Å². The second-order valence-corrected chi connectivity index (χ2v) is 6.48. The van der Waals surface area contributed by atoms with Crippen molar-refractivity contribution >= 4 is 17.5 Å². The Morgan fingerprint density at radius 1 is 1.27 bits per heavy atom. The molecule has 2 aromatic rings. The molecular formula is C19H24N6O. The Kier molecular flexibility index (Phi) is 5.91. The highest BCUT2D eigenvalue weighted by molar-refractivity contribution is 5.88. The van der Waals surface area contributed by atoms with E-state index in [4.69, 9.17) is 0 Å². The maximum atomic E-state index is 12.6. The highest BCUT2D eigenvalue weighted by atomic mass is 16.2. The molecule has 0 spiro atoms.